The zero-order chi connectivity index (χ0) is 9.52. The number of pyridine rings is 1. The van der Waals surface area contributed by atoms with Crippen LogP contribution in [0.2, 0.25) is 0 Å². The second-order valence-electron chi connectivity index (χ2n) is 2.49. The molecule has 0 aliphatic rings. The molecule has 0 atom stereocenters. The lowest BCUT2D eigenvalue weighted by atomic mass is 10.5. The van der Waals surface area contributed by atoms with Gasteiger partial charge in [-0.05, 0) is 18.7 Å². The fraction of sp³-hybridized carbons (Fsp3) is 0.444. The van der Waals surface area contributed by atoms with Crippen molar-refractivity contribution in [3.8, 4) is 5.88 Å². The lowest BCUT2D eigenvalue weighted by Crippen LogP contribution is -2.20. The summed E-state index contributed by atoms with van der Waals surface area (Å²) in [5.41, 5.74) is 0. The molecule has 13 heavy (non-hydrogen) atoms. The molecule has 1 aromatic rings. The molecule has 0 spiro atoms. The van der Waals surface area contributed by atoms with Crippen molar-refractivity contribution in [2.24, 2.45) is 0 Å². The molecule has 1 N–H and O–H groups in total. The molecule has 4 heteroatoms. The van der Waals surface area contributed by atoms with Crippen LogP contribution < -0.4 is 10.1 Å². The molecule has 3 nitrogen and oxygen atoms in total. The molecule has 0 aromatic carbocycles. The van der Waals surface area contributed by atoms with Gasteiger partial charge in [0.25, 0.3) is 0 Å². The molecule has 0 saturated carbocycles. The third kappa shape index (κ3) is 3.38. The molecule has 0 fully saturated rings. The Labute approximate surface area is 76.9 Å². The zero-order valence-corrected chi connectivity index (χ0v) is 7.59. The lowest BCUT2D eigenvalue weighted by Gasteiger charge is -2.05. The fourth-order valence-electron chi connectivity index (χ4n) is 0.874. The Morgan fingerprint density at radius 2 is 2.46 bits per heavy atom. The number of nitrogens with one attached hydrogen (secondary N) is 1. The standard InChI is InChI=1S/C9H13FN2O/c1-2-11-6-7-13-9-8(10)4-3-5-12-9/h3-5,11H,2,6-7H2,1H3. The highest BCUT2D eigenvalue weighted by Crippen LogP contribution is 2.10. The molecule has 0 aliphatic carbocycles. The van der Waals surface area contributed by atoms with Crippen LogP contribution in [0.25, 0.3) is 0 Å². The monoisotopic (exact) mass is 184 g/mol. The number of rotatable bonds is 5. The minimum Gasteiger partial charge on any atom is -0.474 e. The molecule has 0 radical (unpaired) electrons. The average molecular weight is 184 g/mol. The fourth-order valence-corrected chi connectivity index (χ4v) is 0.874. The quantitative estimate of drug-likeness (QED) is 0.698. The minimum atomic E-state index is -0.418. The van der Waals surface area contributed by atoms with Gasteiger partial charge in [-0.15, -0.1) is 0 Å². The van der Waals surface area contributed by atoms with Gasteiger partial charge in [0.1, 0.15) is 6.61 Å². The van der Waals surface area contributed by atoms with E-state index >= 15 is 0 Å². The number of hydrogen-bond donors (Lipinski definition) is 1. The Hall–Kier alpha value is -1.16. The van der Waals surface area contributed by atoms with Gasteiger partial charge in [-0.3, -0.25) is 0 Å². The van der Waals surface area contributed by atoms with E-state index in [2.05, 4.69) is 10.3 Å². The first-order valence-electron chi connectivity index (χ1n) is 4.28. The van der Waals surface area contributed by atoms with Crippen molar-refractivity contribution in [1.82, 2.24) is 10.3 Å². The molecule has 0 aliphatic heterocycles. The van der Waals surface area contributed by atoms with E-state index < -0.39 is 5.82 Å². The van der Waals surface area contributed by atoms with Crippen LogP contribution in [0.15, 0.2) is 18.3 Å². The maximum Gasteiger partial charge on any atom is 0.250 e. The van der Waals surface area contributed by atoms with Crippen LogP contribution in [0.3, 0.4) is 0 Å². The lowest BCUT2D eigenvalue weighted by molar-refractivity contribution is 0.287. The van der Waals surface area contributed by atoms with E-state index in [4.69, 9.17) is 4.74 Å². The Kier molecular flexibility index (Phi) is 4.18. The Morgan fingerprint density at radius 1 is 1.62 bits per heavy atom. The summed E-state index contributed by atoms with van der Waals surface area (Å²) in [5.74, 6) is -0.348. The summed E-state index contributed by atoms with van der Waals surface area (Å²) in [6.45, 7) is 4.02. The molecule has 0 amide bonds. The first-order valence-corrected chi connectivity index (χ1v) is 4.28. The van der Waals surface area contributed by atoms with Gasteiger partial charge in [0.05, 0.1) is 0 Å². The Morgan fingerprint density at radius 3 is 3.15 bits per heavy atom. The SMILES string of the molecule is CCNCCOc1ncccc1F. The van der Waals surface area contributed by atoms with Crippen LogP contribution in [0.1, 0.15) is 6.92 Å². The van der Waals surface area contributed by atoms with Crippen molar-refractivity contribution in [3.05, 3.63) is 24.1 Å². The van der Waals surface area contributed by atoms with E-state index in [0.29, 0.717) is 13.2 Å². The van der Waals surface area contributed by atoms with E-state index in [0.717, 1.165) is 6.54 Å². The smallest absolute Gasteiger partial charge is 0.250 e. The predicted octanol–water partition coefficient (Wildman–Crippen LogP) is 1.21. The number of aromatic nitrogens is 1. The van der Waals surface area contributed by atoms with Crippen molar-refractivity contribution >= 4 is 0 Å². The van der Waals surface area contributed by atoms with E-state index in [-0.39, 0.29) is 5.88 Å². The summed E-state index contributed by atoms with van der Waals surface area (Å²) < 4.78 is 18.0. The van der Waals surface area contributed by atoms with E-state index in [1.807, 2.05) is 6.92 Å². The number of ether oxygens (including phenoxy) is 1. The van der Waals surface area contributed by atoms with Crippen LogP contribution in [0.5, 0.6) is 5.88 Å². The third-order valence-electron chi connectivity index (χ3n) is 1.49. The van der Waals surface area contributed by atoms with Crippen molar-refractivity contribution in [2.75, 3.05) is 19.7 Å². The van der Waals surface area contributed by atoms with Gasteiger partial charge in [-0.25, -0.2) is 9.37 Å². The maximum absolute atomic E-state index is 12.9. The predicted molar refractivity (Wildman–Crippen MR) is 48.2 cm³/mol. The van der Waals surface area contributed by atoms with E-state index in [9.17, 15) is 4.39 Å². The van der Waals surface area contributed by atoms with Crippen LogP contribution in [0.4, 0.5) is 4.39 Å². The van der Waals surface area contributed by atoms with Crippen molar-refractivity contribution in [1.29, 1.82) is 0 Å². The summed E-state index contributed by atoms with van der Waals surface area (Å²) in [6.07, 6.45) is 1.51. The second kappa shape index (κ2) is 5.48. The Bertz CT molecular complexity index is 255. The number of nitrogens with zero attached hydrogens (tertiary/aromatic N) is 1. The van der Waals surface area contributed by atoms with Gasteiger partial charge in [-0.2, -0.15) is 0 Å². The molecule has 0 unspecified atom stereocenters. The third-order valence-corrected chi connectivity index (χ3v) is 1.49. The highest BCUT2D eigenvalue weighted by Gasteiger charge is 2.01. The molecule has 1 heterocycles. The highest BCUT2D eigenvalue weighted by molar-refractivity contribution is 5.12. The molecular formula is C9H13FN2O. The number of likely N-dealkylation sites (N-methyl/N-ethyl adjacent to an activating group) is 1. The highest BCUT2D eigenvalue weighted by atomic mass is 19.1. The zero-order valence-electron chi connectivity index (χ0n) is 7.59. The molecule has 0 bridgehead atoms. The van der Waals surface area contributed by atoms with Gasteiger partial charge in [-0.1, -0.05) is 6.92 Å². The Balaban J connectivity index is 2.32. The van der Waals surface area contributed by atoms with Gasteiger partial charge < -0.3 is 10.1 Å². The van der Waals surface area contributed by atoms with Crippen LogP contribution in [-0.4, -0.2) is 24.7 Å². The van der Waals surface area contributed by atoms with E-state index in [1.165, 1.54) is 18.3 Å². The summed E-state index contributed by atoms with van der Waals surface area (Å²) >= 11 is 0. The minimum absolute atomic E-state index is 0.0698. The van der Waals surface area contributed by atoms with Crippen molar-refractivity contribution in [3.63, 3.8) is 0 Å². The van der Waals surface area contributed by atoms with Crippen LogP contribution >= 0.6 is 0 Å². The van der Waals surface area contributed by atoms with E-state index in [1.54, 1.807) is 0 Å². The summed E-state index contributed by atoms with van der Waals surface area (Å²) in [6, 6.07) is 2.86. The van der Waals surface area contributed by atoms with Crippen molar-refractivity contribution in [2.45, 2.75) is 6.92 Å². The molecule has 1 rings (SSSR count). The maximum atomic E-state index is 12.9. The van der Waals surface area contributed by atoms with Gasteiger partial charge in [0.2, 0.25) is 5.88 Å². The van der Waals surface area contributed by atoms with Gasteiger partial charge in [0.15, 0.2) is 5.82 Å². The largest absolute Gasteiger partial charge is 0.474 e. The number of halogens is 1. The summed E-state index contributed by atoms with van der Waals surface area (Å²) in [7, 11) is 0. The number of hydrogen-bond acceptors (Lipinski definition) is 3. The first-order chi connectivity index (χ1) is 6.34. The molecule has 1 aromatic heterocycles. The molecular weight excluding hydrogens is 171 g/mol. The second-order valence-corrected chi connectivity index (χ2v) is 2.49. The van der Waals surface area contributed by atoms with Crippen molar-refractivity contribution < 1.29 is 9.13 Å². The van der Waals surface area contributed by atoms with Gasteiger partial charge in [0, 0.05) is 12.7 Å². The topological polar surface area (TPSA) is 34.1 Å². The molecule has 72 valence electrons. The first kappa shape index (κ1) is 9.92. The summed E-state index contributed by atoms with van der Waals surface area (Å²) in [4.78, 5) is 3.75. The summed E-state index contributed by atoms with van der Waals surface area (Å²) in [5, 5.41) is 3.06. The van der Waals surface area contributed by atoms with Crippen LogP contribution in [-0.2, 0) is 0 Å². The average Bonchev–Trinajstić information content (AvgIpc) is 2.15. The van der Waals surface area contributed by atoms with Gasteiger partial charge >= 0.3 is 0 Å². The normalized spacial score (nSPS) is 10.0. The van der Waals surface area contributed by atoms with Crippen LogP contribution in [0, 0.1) is 5.82 Å². The molecule has 0 saturated heterocycles.